The summed E-state index contributed by atoms with van der Waals surface area (Å²) in [4.78, 5) is 16.9. The molecular formula is C16H17FN6O2S. The highest BCUT2D eigenvalue weighted by atomic mass is 32.2. The number of amides is 1. The molecule has 0 atom stereocenters. The molecule has 0 fully saturated rings. The van der Waals surface area contributed by atoms with Gasteiger partial charge in [-0.2, -0.15) is 10.2 Å². The van der Waals surface area contributed by atoms with Crippen molar-refractivity contribution in [1.82, 2.24) is 29.3 Å². The number of rotatable bonds is 4. The first-order valence-electron chi connectivity index (χ1n) is 7.85. The lowest BCUT2D eigenvalue weighted by Gasteiger charge is -2.14. The minimum Gasteiger partial charge on any atom is -0.396 e. The molecule has 1 aliphatic rings. The van der Waals surface area contributed by atoms with Gasteiger partial charge >= 0.3 is 0 Å². The Morgan fingerprint density at radius 3 is 2.81 bits per heavy atom. The Labute approximate surface area is 153 Å². The minimum atomic E-state index is -0.289. The number of carbonyl (C=O) groups is 1. The lowest BCUT2D eigenvalue weighted by molar-refractivity contribution is -0.132. The number of aliphatic hydroxyl groups excluding tert-OH is 1. The fourth-order valence-corrected chi connectivity index (χ4v) is 3.08. The van der Waals surface area contributed by atoms with Crippen LogP contribution in [0.4, 0.5) is 4.39 Å². The summed E-state index contributed by atoms with van der Waals surface area (Å²) in [6, 6.07) is 4.77. The van der Waals surface area contributed by atoms with Crippen molar-refractivity contribution >= 4 is 17.9 Å². The van der Waals surface area contributed by atoms with Gasteiger partial charge in [-0.25, -0.2) is 8.48 Å². The van der Waals surface area contributed by atoms with E-state index < -0.39 is 0 Å². The second-order valence-corrected chi connectivity index (χ2v) is 6.41. The third-order valence-corrected chi connectivity index (χ3v) is 4.33. The topological polar surface area (TPSA) is 99.9 Å². The highest BCUT2D eigenvalue weighted by Crippen LogP contribution is 2.25. The first-order chi connectivity index (χ1) is 12.7. The fraction of sp³-hybridized carbons (Fsp3) is 0.250. The molecule has 0 unspecified atom stereocenters. The molecule has 0 saturated heterocycles. The summed E-state index contributed by atoms with van der Waals surface area (Å²) in [5, 5.41) is 20.8. The van der Waals surface area contributed by atoms with E-state index in [1.54, 1.807) is 21.3 Å². The molecule has 136 valence electrons. The molecule has 3 aromatic heterocycles. The average Bonchev–Trinajstić information content (AvgIpc) is 3.33. The third kappa shape index (κ3) is 4.67. The van der Waals surface area contributed by atoms with E-state index in [0.29, 0.717) is 13.1 Å². The number of H-pyrrole nitrogens is 1. The van der Waals surface area contributed by atoms with Gasteiger partial charge in [0.2, 0.25) is 5.91 Å². The Hall–Kier alpha value is -2.72. The van der Waals surface area contributed by atoms with Crippen LogP contribution in [0.25, 0.3) is 0 Å². The standard InChI is InChI=1S/C11H13N5O2S.C5H4FN/c17-4-2-11(18)15-5-8-6-16(14-9(8)7-15)19-10-1-3-12-13-10;6-5-2-1-3-7-4-5/h1,3,6,17H,2,4-5,7H2,(H,12,13);1-4H. The van der Waals surface area contributed by atoms with E-state index in [4.69, 9.17) is 5.11 Å². The summed E-state index contributed by atoms with van der Waals surface area (Å²) in [5.41, 5.74) is 1.97. The quantitative estimate of drug-likeness (QED) is 0.718. The van der Waals surface area contributed by atoms with Gasteiger partial charge in [0.1, 0.15) is 10.8 Å². The maximum atomic E-state index is 11.8. The van der Waals surface area contributed by atoms with Crippen molar-refractivity contribution in [2.75, 3.05) is 6.61 Å². The minimum absolute atomic E-state index is 0.0340. The molecule has 4 heterocycles. The molecule has 10 heteroatoms. The number of aromatic amines is 1. The average molecular weight is 376 g/mol. The van der Waals surface area contributed by atoms with Crippen molar-refractivity contribution in [3.8, 4) is 0 Å². The van der Waals surface area contributed by atoms with E-state index >= 15 is 0 Å². The Morgan fingerprint density at radius 2 is 2.23 bits per heavy atom. The van der Waals surface area contributed by atoms with Crippen LogP contribution < -0.4 is 0 Å². The van der Waals surface area contributed by atoms with Crippen LogP contribution in [0.1, 0.15) is 17.7 Å². The molecular weight excluding hydrogens is 359 g/mol. The van der Waals surface area contributed by atoms with Gasteiger partial charge in [0.25, 0.3) is 0 Å². The van der Waals surface area contributed by atoms with Crippen molar-refractivity contribution in [3.05, 3.63) is 60.1 Å². The van der Waals surface area contributed by atoms with Crippen LogP contribution in [0, 0.1) is 5.82 Å². The van der Waals surface area contributed by atoms with Crippen LogP contribution in [-0.4, -0.2) is 46.9 Å². The lowest BCUT2D eigenvalue weighted by Crippen LogP contribution is -2.26. The number of hydrogen-bond acceptors (Lipinski definition) is 6. The molecule has 4 rings (SSSR count). The van der Waals surface area contributed by atoms with Crippen molar-refractivity contribution in [1.29, 1.82) is 0 Å². The van der Waals surface area contributed by atoms with Gasteiger partial charge in [-0.3, -0.25) is 14.9 Å². The van der Waals surface area contributed by atoms with E-state index in [-0.39, 0.29) is 24.8 Å². The molecule has 1 amide bonds. The second-order valence-electron chi connectivity index (χ2n) is 5.41. The summed E-state index contributed by atoms with van der Waals surface area (Å²) in [7, 11) is 0. The van der Waals surface area contributed by atoms with Gasteiger partial charge in [-0.05, 0) is 18.2 Å². The molecule has 3 aromatic rings. The van der Waals surface area contributed by atoms with Crippen LogP contribution in [0.3, 0.4) is 0 Å². The molecule has 0 aliphatic carbocycles. The normalized spacial score (nSPS) is 12.5. The fourth-order valence-electron chi connectivity index (χ4n) is 2.34. The molecule has 0 radical (unpaired) electrons. The number of halogens is 1. The molecule has 26 heavy (non-hydrogen) atoms. The highest BCUT2D eigenvalue weighted by Gasteiger charge is 2.26. The summed E-state index contributed by atoms with van der Waals surface area (Å²) in [6.07, 6.45) is 6.48. The number of nitrogens with zero attached hydrogens (tertiary/aromatic N) is 5. The van der Waals surface area contributed by atoms with Gasteiger partial charge in [-0.1, -0.05) is 0 Å². The van der Waals surface area contributed by atoms with Crippen molar-refractivity contribution in [2.24, 2.45) is 0 Å². The maximum Gasteiger partial charge on any atom is 0.225 e. The van der Waals surface area contributed by atoms with E-state index in [0.717, 1.165) is 16.3 Å². The predicted molar refractivity (Wildman–Crippen MR) is 92.2 cm³/mol. The van der Waals surface area contributed by atoms with Crippen molar-refractivity contribution in [2.45, 2.75) is 24.5 Å². The largest absolute Gasteiger partial charge is 0.396 e. The second kappa shape index (κ2) is 8.59. The predicted octanol–water partition coefficient (Wildman–Crippen LogP) is 1.61. The van der Waals surface area contributed by atoms with Crippen molar-refractivity contribution < 1.29 is 14.3 Å². The SMILES string of the molecule is Fc1cccnc1.O=C(CCO)N1Cc2cn(Sc3ccn[nH]3)nc2C1. The molecule has 0 spiro atoms. The van der Waals surface area contributed by atoms with Gasteiger partial charge in [0.15, 0.2) is 0 Å². The van der Waals surface area contributed by atoms with E-state index in [1.165, 1.54) is 30.4 Å². The first-order valence-corrected chi connectivity index (χ1v) is 8.62. The number of fused-ring (bicyclic) bond motifs is 1. The number of pyridine rings is 1. The molecule has 0 bridgehead atoms. The molecule has 0 saturated carbocycles. The van der Waals surface area contributed by atoms with Crippen LogP contribution in [0.5, 0.6) is 0 Å². The van der Waals surface area contributed by atoms with Crippen LogP contribution in [0.2, 0.25) is 0 Å². The first kappa shape index (κ1) is 18.1. The number of carbonyl (C=O) groups excluding carboxylic acids is 1. The number of nitrogens with one attached hydrogen (secondary N) is 1. The van der Waals surface area contributed by atoms with E-state index in [2.05, 4.69) is 20.3 Å². The zero-order chi connectivity index (χ0) is 18.4. The van der Waals surface area contributed by atoms with Gasteiger partial charge in [-0.15, -0.1) is 0 Å². The summed E-state index contributed by atoms with van der Waals surface area (Å²) < 4.78 is 13.6. The summed E-state index contributed by atoms with van der Waals surface area (Å²) in [5.74, 6) is -0.323. The highest BCUT2D eigenvalue weighted by molar-refractivity contribution is 7.97. The Morgan fingerprint density at radius 1 is 1.35 bits per heavy atom. The smallest absolute Gasteiger partial charge is 0.225 e. The van der Waals surface area contributed by atoms with Crippen LogP contribution in [0.15, 0.2) is 48.0 Å². The van der Waals surface area contributed by atoms with Gasteiger partial charge in [0, 0.05) is 49.1 Å². The lowest BCUT2D eigenvalue weighted by atomic mass is 10.3. The number of aliphatic hydroxyl groups is 1. The Kier molecular flexibility index (Phi) is 5.97. The van der Waals surface area contributed by atoms with E-state index in [1.807, 2.05) is 12.3 Å². The Bertz CT molecular complexity index is 816. The summed E-state index contributed by atoms with van der Waals surface area (Å²) in [6.45, 7) is 0.977. The van der Waals surface area contributed by atoms with Crippen LogP contribution >= 0.6 is 11.9 Å². The molecule has 1 aliphatic heterocycles. The number of hydrogen-bond donors (Lipinski definition) is 2. The zero-order valence-corrected chi connectivity index (χ0v) is 14.6. The Balaban J connectivity index is 0.000000236. The third-order valence-electron chi connectivity index (χ3n) is 3.53. The zero-order valence-electron chi connectivity index (χ0n) is 13.7. The van der Waals surface area contributed by atoms with Gasteiger partial charge in [0.05, 0.1) is 25.0 Å². The molecule has 2 N–H and O–H groups in total. The monoisotopic (exact) mass is 376 g/mol. The van der Waals surface area contributed by atoms with Crippen LogP contribution in [-0.2, 0) is 17.9 Å². The summed E-state index contributed by atoms with van der Waals surface area (Å²) >= 11 is 1.44. The maximum absolute atomic E-state index is 11.8. The molecule has 0 aromatic carbocycles. The number of aromatic nitrogens is 5. The van der Waals surface area contributed by atoms with Crippen molar-refractivity contribution in [3.63, 3.8) is 0 Å². The molecule has 8 nitrogen and oxygen atoms in total. The van der Waals surface area contributed by atoms with Gasteiger partial charge < -0.3 is 10.0 Å². The van der Waals surface area contributed by atoms with E-state index in [9.17, 15) is 9.18 Å².